The summed E-state index contributed by atoms with van der Waals surface area (Å²) in [7, 11) is 3.71. The van der Waals surface area contributed by atoms with Gasteiger partial charge in [-0.2, -0.15) is 0 Å². The fraction of sp³-hybridized carbons (Fsp3) is 0.533. The largest absolute Gasteiger partial charge is 0.496 e. The van der Waals surface area contributed by atoms with E-state index in [2.05, 4.69) is 18.3 Å². The average Bonchev–Trinajstić information content (AvgIpc) is 2.81. The van der Waals surface area contributed by atoms with E-state index in [4.69, 9.17) is 4.74 Å². The summed E-state index contributed by atoms with van der Waals surface area (Å²) in [5.74, 6) is 1.12. The summed E-state index contributed by atoms with van der Waals surface area (Å²) in [5, 5.41) is 2.25. The number of nitrogens with zero attached hydrogens (tertiary/aromatic N) is 1. The van der Waals surface area contributed by atoms with Gasteiger partial charge in [0.1, 0.15) is 11.1 Å². The van der Waals surface area contributed by atoms with Crippen LogP contribution in [0.2, 0.25) is 0 Å². The summed E-state index contributed by atoms with van der Waals surface area (Å²) in [6.07, 6.45) is 0.876. The number of ether oxygens (including phenoxy) is 1. The quantitative estimate of drug-likeness (QED) is 0.859. The van der Waals surface area contributed by atoms with E-state index < -0.39 is 0 Å². The molecule has 1 aromatic rings. The second kappa shape index (κ2) is 6.99. The highest BCUT2D eigenvalue weighted by Crippen LogP contribution is 2.46. The number of quaternary nitrogens is 1. The number of hydrogen-bond donors (Lipinski definition) is 1. The van der Waals surface area contributed by atoms with E-state index in [9.17, 15) is 4.79 Å². The van der Waals surface area contributed by atoms with Crippen LogP contribution in [0.5, 0.6) is 5.75 Å². The Morgan fingerprint density at radius 3 is 2.80 bits per heavy atom. The third kappa shape index (κ3) is 2.94. The molecular weight excluding hydrogens is 272 g/mol. The van der Waals surface area contributed by atoms with Crippen molar-refractivity contribution >= 4 is 17.7 Å². The summed E-state index contributed by atoms with van der Waals surface area (Å²) in [4.78, 5) is 14.5. The highest BCUT2D eigenvalue weighted by Gasteiger charge is 2.40. The molecule has 20 heavy (non-hydrogen) atoms. The molecule has 2 rings (SSSR count). The van der Waals surface area contributed by atoms with Crippen molar-refractivity contribution in [2.45, 2.75) is 24.0 Å². The zero-order valence-corrected chi connectivity index (χ0v) is 13.2. The lowest BCUT2D eigenvalue weighted by atomic mass is 10.1. The molecular formula is C15H23N2O2S+. The number of amides is 1. The van der Waals surface area contributed by atoms with Gasteiger partial charge in [-0.05, 0) is 12.5 Å². The van der Waals surface area contributed by atoms with Crippen LogP contribution in [0.4, 0.5) is 0 Å². The van der Waals surface area contributed by atoms with Gasteiger partial charge in [0.25, 0.3) is 0 Å². The van der Waals surface area contributed by atoms with Crippen LogP contribution in [0.15, 0.2) is 24.3 Å². The van der Waals surface area contributed by atoms with Crippen LogP contribution in [0.25, 0.3) is 0 Å². The normalized spacial score (nSPS) is 22.4. The Morgan fingerprint density at radius 1 is 1.40 bits per heavy atom. The molecule has 1 aliphatic heterocycles. The van der Waals surface area contributed by atoms with Crippen LogP contribution in [0.1, 0.15) is 24.3 Å². The minimum atomic E-state index is 0.0711. The van der Waals surface area contributed by atoms with E-state index in [0.717, 1.165) is 30.8 Å². The van der Waals surface area contributed by atoms with Crippen molar-refractivity contribution in [3.8, 4) is 5.75 Å². The zero-order chi connectivity index (χ0) is 14.5. The van der Waals surface area contributed by atoms with Crippen LogP contribution in [-0.2, 0) is 4.79 Å². The molecule has 0 aromatic heterocycles. The van der Waals surface area contributed by atoms with E-state index in [1.165, 1.54) is 0 Å². The Balaban J connectivity index is 2.29. The second-order valence-corrected chi connectivity index (χ2v) is 6.14. The first-order valence-corrected chi connectivity index (χ1v) is 8.03. The lowest BCUT2D eigenvalue weighted by Crippen LogP contribution is -2.81. The number of thioether (sulfide) groups is 1. The maximum absolute atomic E-state index is 12.5. The maximum atomic E-state index is 12.5. The van der Waals surface area contributed by atoms with Crippen molar-refractivity contribution in [1.29, 1.82) is 0 Å². The van der Waals surface area contributed by atoms with Crippen molar-refractivity contribution in [1.82, 2.24) is 4.90 Å². The van der Waals surface area contributed by atoms with Crippen molar-refractivity contribution < 1.29 is 14.8 Å². The van der Waals surface area contributed by atoms with Gasteiger partial charge in [0.05, 0.1) is 32.5 Å². The van der Waals surface area contributed by atoms with Gasteiger partial charge in [-0.1, -0.05) is 25.1 Å². The predicted octanol–water partition coefficient (Wildman–Crippen LogP) is 1.24. The van der Waals surface area contributed by atoms with Crippen LogP contribution in [0.3, 0.4) is 0 Å². The average molecular weight is 295 g/mol. The zero-order valence-electron chi connectivity index (χ0n) is 12.3. The summed E-state index contributed by atoms with van der Waals surface area (Å²) in [5.41, 5.74) is 1.10. The standard InChI is InChI=1S/C15H22N2O2S/c1-4-13-14(18)17(10-9-16-2)15(20-13)11-7-5-6-8-12(11)19-3/h5-8,13,15-16H,4,9-10H2,1-3H3/p+1/t13-,15-/m1/s1. The Hall–Kier alpha value is -1.20. The molecule has 1 saturated heterocycles. The lowest BCUT2D eigenvalue weighted by molar-refractivity contribution is -0.626. The Labute approximate surface area is 124 Å². The van der Waals surface area contributed by atoms with Crippen molar-refractivity contribution in [2.24, 2.45) is 0 Å². The molecule has 0 aliphatic carbocycles. The van der Waals surface area contributed by atoms with Gasteiger partial charge >= 0.3 is 0 Å². The maximum Gasteiger partial charge on any atom is 0.237 e. The molecule has 0 saturated carbocycles. The lowest BCUT2D eigenvalue weighted by Gasteiger charge is -2.24. The number of hydrogen-bond acceptors (Lipinski definition) is 3. The number of methoxy groups -OCH3 is 1. The van der Waals surface area contributed by atoms with Crippen LogP contribution in [-0.4, -0.2) is 43.3 Å². The van der Waals surface area contributed by atoms with Gasteiger partial charge in [-0.25, -0.2) is 0 Å². The first-order valence-electron chi connectivity index (χ1n) is 7.09. The molecule has 1 amide bonds. The molecule has 1 aliphatic rings. The minimum Gasteiger partial charge on any atom is -0.496 e. The number of carbonyl (C=O) groups is 1. The molecule has 4 nitrogen and oxygen atoms in total. The predicted molar refractivity (Wildman–Crippen MR) is 81.8 cm³/mol. The first kappa shape index (κ1) is 15.2. The molecule has 2 atom stereocenters. The molecule has 0 unspecified atom stereocenters. The summed E-state index contributed by atoms with van der Waals surface area (Å²) < 4.78 is 5.46. The van der Waals surface area contributed by atoms with Gasteiger partial charge in [0.2, 0.25) is 5.91 Å². The van der Waals surface area contributed by atoms with E-state index in [1.807, 2.05) is 30.1 Å². The van der Waals surface area contributed by atoms with Crippen LogP contribution < -0.4 is 10.1 Å². The summed E-state index contributed by atoms with van der Waals surface area (Å²) in [6, 6.07) is 7.99. The van der Waals surface area contributed by atoms with Gasteiger partial charge in [-0.15, -0.1) is 11.8 Å². The van der Waals surface area contributed by atoms with Gasteiger partial charge < -0.3 is 15.0 Å². The number of rotatable bonds is 6. The number of likely N-dealkylation sites (N-methyl/N-ethyl adjacent to an activating group) is 1. The molecule has 110 valence electrons. The monoisotopic (exact) mass is 295 g/mol. The van der Waals surface area contributed by atoms with Crippen molar-refractivity contribution in [3.05, 3.63) is 29.8 Å². The summed E-state index contributed by atoms with van der Waals surface area (Å²) in [6.45, 7) is 3.78. The van der Waals surface area contributed by atoms with Gasteiger partial charge in [-0.3, -0.25) is 4.79 Å². The fourth-order valence-corrected chi connectivity index (χ4v) is 3.92. The van der Waals surface area contributed by atoms with E-state index in [0.29, 0.717) is 0 Å². The van der Waals surface area contributed by atoms with E-state index in [1.54, 1.807) is 18.9 Å². The number of para-hydroxylation sites is 1. The van der Waals surface area contributed by atoms with E-state index >= 15 is 0 Å². The molecule has 1 fully saturated rings. The Kier molecular flexibility index (Phi) is 5.31. The highest BCUT2D eigenvalue weighted by molar-refractivity contribution is 8.01. The Morgan fingerprint density at radius 2 is 2.15 bits per heavy atom. The second-order valence-electron chi connectivity index (χ2n) is 4.86. The summed E-state index contributed by atoms with van der Waals surface area (Å²) >= 11 is 1.74. The van der Waals surface area contributed by atoms with Crippen molar-refractivity contribution in [2.75, 3.05) is 27.2 Å². The number of carbonyl (C=O) groups excluding carboxylic acids is 1. The van der Waals surface area contributed by atoms with Gasteiger partial charge in [0.15, 0.2) is 0 Å². The minimum absolute atomic E-state index is 0.0711. The third-order valence-electron chi connectivity index (χ3n) is 3.57. The van der Waals surface area contributed by atoms with E-state index in [-0.39, 0.29) is 16.5 Å². The molecule has 1 aromatic carbocycles. The van der Waals surface area contributed by atoms with Crippen molar-refractivity contribution in [3.63, 3.8) is 0 Å². The number of benzene rings is 1. The molecule has 0 bridgehead atoms. The third-order valence-corrected chi connectivity index (χ3v) is 5.20. The first-order chi connectivity index (χ1) is 9.72. The Bertz CT molecular complexity index is 467. The highest BCUT2D eigenvalue weighted by atomic mass is 32.2. The van der Waals surface area contributed by atoms with Crippen LogP contribution >= 0.6 is 11.8 Å². The number of nitrogens with two attached hydrogens (primary N) is 1. The topological polar surface area (TPSA) is 46.1 Å². The fourth-order valence-electron chi connectivity index (χ4n) is 2.47. The molecule has 5 heteroatoms. The van der Waals surface area contributed by atoms with Gasteiger partial charge in [0, 0.05) is 5.56 Å². The molecule has 0 radical (unpaired) electrons. The molecule has 2 N–H and O–H groups in total. The van der Waals surface area contributed by atoms with Crippen LogP contribution in [0, 0.1) is 0 Å². The molecule has 0 spiro atoms. The smallest absolute Gasteiger partial charge is 0.237 e. The SMILES string of the molecule is CC[C@H]1S[C@H](c2ccccc2OC)N(CC[NH2+]C)C1=O. The molecule has 1 heterocycles.